The van der Waals surface area contributed by atoms with E-state index in [2.05, 4.69) is 26.6 Å². The standard InChI is InChI=1S/C19H23BrN2O5S/c1-6-26-18(24)14-10(4)21-19(28)22-15(14)11-7-12(20)16(13(8-11)25-5)27-17(23)9(2)3/h7-9,15H,6H2,1-5H3,(H2,21,22,28). The minimum absolute atomic E-state index is 0.254. The normalized spacial score (nSPS) is 16.4. The summed E-state index contributed by atoms with van der Waals surface area (Å²) in [4.78, 5) is 24.5. The fraction of sp³-hybridized carbons (Fsp3) is 0.421. The van der Waals surface area contributed by atoms with Gasteiger partial charge in [-0.15, -0.1) is 0 Å². The lowest BCUT2D eigenvalue weighted by Crippen LogP contribution is -2.45. The summed E-state index contributed by atoms with van der Waals surface area (Å²) in [5.41, 5.74) is 1.72. The van der Waals surface area contributed by atoms with E-state index in [4.69, 9.17) is 26.4 Å². The van der Waals surface area contributed by atoms with Gasteiger partial charge in [-0.25, -0.2) is 4.79 Å². The van der Waals surface area contributed by atoms with Crippen LogP contribution in [0.5, 0.6) is 11.5 Å². The average molecular weight is 471 g/mol. The number of carbonyl (C=O) groups is 2. The van der Waals surface area contributed by atoms with Crippen LogP contribution in [0.2, 0.25) is 0 Å². The molecule has 2 rings (SSSR count). The molecular formula is C19H23BrN2O5S. The number of carbonyl (C=O) groups excluding carboxylic acids is 2. The number of hydrogen-bond donors (Lipinski definition) is 2. The second-order valence-electron chi connectivity index (χ2n) is 6.40. The van der Waals surface area contributed by atoms with Crippen molar-refractivity contribution >= 4 is 45.2 Å². The summed E-state index contributed by atoms with van der Waals surface area (Å²) in [6.45, 7) is 7.25. The third-order valence-electron chi connectivity index (χ3n) is 4.02. The quantitative estimate of drug-likeness (QED) is 0.371. The summed E-state index contributed by atoms with van der Waals surface area (Å²) in [6.07, 6.45) is 0. The van der Waals surface area contributed by atoms with E-state index in [9.17, 15) is 9.59 Å². The molecule has 0 saturated carbocycles. The lowest BCUT2D eigenvalue weighted by atomic mass is 9.95. The molecule has 0 spiro atoms. The molecule has 1 aliphatic rings. The molecule has 0 radical (unpaired) electrons. The molecule has 0 fully saturated rings. The second-order valence-corrected chi connectivity index (χ2v) is 7.66. The summed E-state index contributed by atoms with van der Waals surface area (Å²) in [5.74, 6) is -0.486. The molecule has 152 valence electrons. The maximum atomic E-state index is 12.5. The Labute approximate surface area is 177 Å². The van der Waals surface area contributed by atoms with Gasteiger partial charge in [0.15, 0.2) is 16.6 Å². The molecule has 1 atom stereocenters. The number of ether oxygens (including phenoxy) is 3. The number of benzene rings is 1. The van der Waals surface area contributed by atoms with E-state index < -0.39 is 12.0 Å². The van der Waals surface area contributed by atoms with Gasteiger partial charge in [0.1, 0.15) is 0 Å². The van der Waals surface area contributed by atoms with Gasteiger partial charge in [-0.05, 0) is 59.7 Å². The van der Waals surface area contributed by atoms with Crippen LogP contribution in [-0.2, 0) is 14.3 Å². The van der Waals surface area contributed by atoms with Gasteiger partial charge >= 0.3 is 11.9 Å². The smallest absolute Gasteiger partial charge is 0.338 e. The summed E-state index contributed by atoms with van der Waals surface area (Å²) in [6, 6.07) is 2.91. The zero-order valence-corrected chi connectivity index (χ0v) is 18.7. The van der Waals surface area contributed by atoms with E-state index in [0.717, 1.165) is 0 Å². The fourth-order valence-corrected chi connectivity index (χ4v) is 3.46. The molecule has 1 unspecified atom stereocenters. The van der Waals surface area contributed by atoms with Crippen LogP contribution in [0.15, 0.2) is 27.9 Å². The van der Waals surface area contributed by atoms with Gasteiger partial charge in [-0.3, -0.25) is 4.79 Å². The molecule has 1 heterocycles. The Morgan fingerprint density at radius 1 is 1.32 bits per heavy atom. The van der Waals surface area contributed by atoms with Crippen LogP contribution in [0.4, 0.5) is 0 Å². The van der Waals surface area contributed by atoms with Crippen molar-refractivity contribution in [2.45, 2.75) is 33.7 Å². The first kappa shape index (κ1) is 22.2. The number of nitrogens with one attached hydrogen (secondary N) is 2. The predicted molar refractivity (Wildman–Crippen MR) is 112 cm³/mol. The van der Waals surface area contributed by atoms with Gasteiger partial charge in [0, 0.05) is 5.70 Å². The van der Waals surface area contributed by atoms with E-state index in [1.807, 2.05) is 0 Å². The lowest BCUT2D eigenvalue weighted by molar-refractivity contribution is -0.139. The molecule has 0 aliphatic carbocycles. The highest BCUT2D eigenvalue weighted by Crippen LogP contribution is 2.40. The monoisotopic (exact) mass is 470 g/mol. The Hall–Kier alpha value is -2.13. The highest BCUT2D eigenvalue weighted by atomic mass is 79.9. The third kappa shape index (κ3) is 4.82. The van der Waals surface area contributed by atoms with Gasteiger partial charge in [-0.2, -0.15) is 0 Å². The van der Waals surface area contributed by atoms with Crippen molar-refractivity contribution in [1.29, 1.82) is 0 Å². The van der Waals surface area contributed by atoms with Crippen molar-refractivity contribution < 1.29 is 23.8 Å². The van der Waals surface area contributed by atoms with Crippen LogP contribution in [-0.4, -0.2) is 30.8 Å². The molecule has 0 amide bonds. The van der Waals surface area contributed by atoms with Gasteiger partial charge in [0.2, 0.25) is 0 Å². The molecule has 28 heavy (non-hydrogen) atoms. The number of allylic oxidation sites excluding steroid dienone is 1. The molecule has 1 aromatic carbocycles. The van der Waals surface area contributed by atoms with Gasteiger partial charge < -0.3 is 24.8 Å². The van der Waals surface area contributed by atoms with E-state index in [1.165, 1.54) is 7.11 Å². The molecular weight excluding hydrogens is 448 g/mol. The van der Waals surface area contributed by atoms with Crippen LogP contribution in [0, 0.1) is 5.92 Å². The first-order valence-electron chi connectivity index (χ1n) is 8.74. The number of rotatable bonds is 6. The maximum absolute atomic E-state index is 12.5. The van der Waals surface area contributed by atoms with Crippen LogP contribution in [0.25, 0.3) is 0 Å². The van der Waals surface area contributed by atoms with Crippen LogP contribution in [0.3, 0.4) is 0 Å². The van der Waals surface area contributed by atoms with Crippen molar-refractivity contribution in [2.24, 2.45) is 5.92 Å². The first-order valence-corrected chi connectivity index (χ1v) is 9.94. The third-order valence-corrected chi connectivity index (χ3v) is 4.83. The fourth-order valence-electron chi connectivity index (χ4n) is 2.65. The Morgan fingerprint density at radius 3 is 2.57 bits per heavy atom. The topological polar surface area (TPSA) is 85.9 Å². The molecule has 1 aromatic rings. The molecule has 0 aromatic heterocycles. The Kier molecular flexibility index (Phi) is 7.42. The molecule has 0 bridgehead atoms. The van der Waals surface area contributed by atoms with Crippen molar-refractivity contribution in [3.05, 3.63) is 33.4 Å². The van der Waals surface area contributed by atoms with Crippen molar-refractivity contribution in [1.82, 2.24) is 10.6 Å². The Morgan fingerprint density at radius 2 is 2.00 bits per heavy atom. The minimum Gasteiger partial charge on any atom is -0.493 e. The summed E-state index contributed by atoms with van der Waals surface area (Å²) in [7, 11) is 1.48. The maximum Gasteiger partial charge on any atom is 0.338 e. The highest BCUT2D eigenvalue weighted by molar-refractivity contribution is 9.10. The zero-order valence-electron chi connectivity index (χ0n) is 16.3. The molecule has 0 saturated heterocycles. The van der Waals surface area contributed by atoms with E-state index >= 15 is 0 Å². The Bertz CT molecular complexity index is 838. The predicted octanol–water partition coefficient (Wildman–Crippen LogP) is 3.38. The Balaban J connectivity index is 2.52. The highest BCUT2D eigenvalue weighted by Gasteiger charge is 2.32. The van der Waals surface area contributed by atoms with Gasteiger partial charge in [-0.1, -0.05) is 13.8 Å². The van der Waals surface area contributed by atoms with Crippen molar-refractivity contribution in [3.63, 3.8) is 0 Å². The van der Waals surface area contributed by atoms with Crippen molar-refractivity contribution in [3.8, 4) is 11.5 Å². The van der Waals surface area contributed by atoms with Gasteiger partial charge in [0.25, 0.3) is 0 Å². The van der Waals surface area contributed by atoms with E-state index in [0.29, 0.717) is 32.2 Å². The molecule has 7 nitrogen and oxygen atoms in total. The van der Waals surface area contributed by atoms with Crippen molar-refractivity contribution in [2.75, 3.05) is 13.7 Å². The summed E-state index contributed by atoms with van der Waals surface area (Å²) < 4.78 is 16.6. The van der Waals surface area contributed by atoms with Crippen LogP contribution >= 0.6 is 28.1 Å². The lowest BCUT2D eigenvalue weighted by Gasteiger charge is -2.30. The van der Waals surface area contributed by atoms with E-state index in [1.54, 1.807) is 39.8 Å². The molecule has 2 N–H and O–H groups in total. The summed E-state index contributed by atoms with van der Waals surface area (Å²) in [5, 5.41) is 6.43. The average Bonchev–Trinajstić information content (AvgIpc) is 2.62. The van der Waals surface area contributed by atoms with Crippen LogP contribution < -0.4 is 20.1 Å². The molecule has 1 aliphatic heterocycles. The minimum atomic E-state index is -0.548. The first-order chi connectivity index (χ1) is 13.2. The number of thiocarbonyl (C=S) groups is 1. The number of hydrogen-bond acceptors (Lipinski definition) is 6. The largest absolute Gasteiger partial charge is 0.493 e. The number of methoxy groups -OCH3 is 1. The number of halogens is 1. The zero-order chi connectivity index (χ0) is 21.0. The van der Waals surface area contributed by atoms with Crippen LogP contribution in [0.1, 0.15) is 39.3 Å². The summed E-state index contributed by atoms with van der Waals surface area (Å²) >= 11 is 8.68. The number of esters is 2. The van der Waals surface area contributed by atoms with Gasteiger partial charge in [0.05, 0.1) is 35.7 Å². The van der Waals surface area contributed by atoms with E-state index in [-0.39, 0.29) is 24.2 Å². The SMILES string of the molecule is CCOC(=O)C1=C(C)NC(=S)NC1c1cc(Br)c(OC(=O)C(C)C)c(OC)c1. The second kappa shape index (κ2) is 9.38. The molecule has 9 heteroatoms.